The maximum Gasteiger partial charge on any atom is 0.261 e. The predicted octanol–water partition coefficient (Wildman–Crippen LogP) is 2.99. The van der Waals surface area contributed by atoms with Crippen LogP contribution in [-0.2, 0) is 6.54 Å². The third-order valence-corrected chi connectivity index (χ3v) is 4.88. The van der Waals surface area contributed by atoms with Gasteiger partial charge in [-0.25, -0.2) is 4.98 Å². The first-order chi connectivity index (χ1) is 13.2. The van der Waals surface area contributed by atoms with Gasteiger partial charge in [0, 0.05) is 18.2 Å². The fourth-order valence-electron chi connectivity index (χ4n) is 3.29. The quantitative estimate of drug-likeness (QED) is 0.705. The fraction of sp³-hybridized carbons (Fsp3) is 0.136. The SMILES string of the molecule is N=CC1C=CC(c2ccc(Cn3cnc4ccccc4c3=O)cc2)=CC1N. The monoisotopic (exact) mass is 356 g/mol. The molecule has 0 saturated heterocycles. The van der Waals surface area contributed by atoms with E-state index in [0.717, 1.165) is 16.7 Å². The number of allylic oxidation sites excluding steroid dienone is 2. The molecule has 3 N–H and O–H groups in total. The Balaban J connectivity index is 1.57. The molecule has 0 saturated carbocycles. The lowest BCUT2D eigenvalue weighted by Crippen LogP contribution is -2.29. The molecule has 0 aliphatic heterocycles. The van der Waals surface area contributed by atoms with Gasteiger partial charge in [-0.2, -0.15) is 0 Å². The molecule has 134 valence electrons. The van der Waals surface area contributed by atoms with E-state index in [1.54, 1.807) is 17.0 Å². The second kappa shape index (κ2) is 7.13. The van der Waals surface area contributed by atoms with Crippen LogP contribution in [0.1, 0.15) is 11.1 Å². The van der Waals surface area contributed by atoms with Crippen molar-refractivity contribution < 1.29 is 0 Å². The smallest absolute Gasteiger partial charge is 0.261 e. The molecule has 0 fully saturated rings. The van der Waals surface area contributed by atoms with E-state index in [1.165, 1.54) is 6.21 Å². The number of aromatic nitrogens is 2. The first kappa shape index (κ1) is 17.1. The van der Waals surface area contributed by atoms with Crippen LogP contribution in [0.4, 0.5) is 0 Å². The Kier molecular flexibility index (Phi) is 4.52. The molecule has 2 atom stereocenters. The lowest BCUT2D eigenvalue weighted by Gasteiger charge is -2.19. The highest BCUT2D eigenvalue weighted by molar-refractivity contribution is 5.79. The Morgan fingerprint density at radius 2 is 1.93 bits per heavy atom. The first-order valence-corrected chi connectivity index (χ1v) is 8.85. The number of fused-ring (bicyclic) bond motifs is 1. The standard InChI is InChI=1S/C22H20N4O/c23-12-18-10-9-17(11-20(18)24)16-7-5-15(6-8-16)13-26-14-25-21-4-2-1-3-19(21)22(26)27/h1-12,14,18,20,23H,13,24H2. The molecule has 5 heteroatoms. The summed E-state index contributed by atoms with van der Waals surface area (Å²) >= 11 is 0. The molecule has 0 spiro atoms. The summed E-state index contributed by atoms with van der Waals surface area (Å²) in [6.07, 6.45) is 8.92. The van der Waals surface area contributed by atoms with Crippen LogP contribution in [0, 0.1) is 11.3 Å². The Morgan fingerprint density at radius 3 is 2.67 bits per heavy atom. The molecule has 3 aromatic rings. The number of para-hydroxylation sites is 1. The molecule has 1 heterocycles. The predicted molar refractivity (Wildman–Crippen MR) is 109 cm³/mol. The van der Waals surface area contributed by atoms with Crippen LogP contribution in [0.25, 0.3) is 16.5 Å². The molecule has 1 aliphatic carbocycles. The number of hydrogen-bond donors (Lipinski definition) is 2. The second-order valence-electron chi connectivity index (χ2n) is 6.69. The molecular weight excluding hydrogens is 336 g/mol. The van der Waals surface area contributed by atoms with Gasteiger partial charge in [-0.1, -0.05) is 54.6 Å². The van der Waals surface area contributed by atoms with Crippen LogP contribution in [0.15, 0.2) is 77.9 Å². The summed E-state index contributed by atoms with van der Waals surface area (Å²) in [4.78, 5) is 17.0. The van der Waals surface area contributed by atoms with Crippen LogP contribution >= 0.6 is 0 Å². The number of nitrogens with one attached hydrogen (secondary N) is 1. The van der Waals surface area contributed by atoms with Gasteiger partial charge in [-0.05, 0) is 28.8 Å². The third kappa shape index (κ3) is 3.37. The zero-order valence-corrected chi connectivity index (χ0v) is 14.7. The van der Waals surface area contributed by atoms with Gasteiger partial charge in [0.2, 0.25) is 0 Å². The maximum atomic E-state index is 12.6. The van der Waals surface area contributed by atoms with Crippen LogP contribution in [-0.4, -0.2) is 21.8 Å². The molecule has 0 radical (unpaired) electrons. The summed E-state index contributed by atoms with van der Waals surface area (Å²) in [5, 5.41) is 8.01. The van der Waals surface area contributed by atoms with E-state index in [2.05, 4.69) is 4.98 Å². The van der Waals surface area contributed by atoms with Gasteiger partial charge in [0.1, 0.15) is 0 Å². The first-order valence-electron chi connectivity index (χ1n) is 8.85. The van der Waals surface area contributed by atoms with E-state index in [4.69, 9.17) is 11.1 Å². The van der Waals surface area contributed by atoms with Crippen LogP contribution in [0.5, 0.6) is 0 Å². The average Bonchev–Trinajstić information content (AvgIpc) is 2.71. The van der Waals surface area contributed by atoms with Gasteiger partial charge >= 0.3 is 0 Å². The van der Waals surface area contributed by atoms with Crippen molar-refractivity contribution in [3.05, 3.63) is 94.6 Å². The van der Waals surface area contributed by atoms with Crippen molar-refractivity contribution >= 4 is 22.7 Å². The second-order valence-corrected chi connectivity index (χ2v) is 6.69. The van der Waals surface area contributed by atoms with Crippen LogP contribution in [0.3, 0.4) is 0 Å². The Hall–Kier alpha value is -3.31. The van der Waals surface area contributed by atoms with E-state index in [9.17, 15) is 4.79 Å². The van der Waals surface area contributed by atoms with Crippen molar-refractivity contribution in [2.24, 2.45) is 11.7 Å². The largest absolute Gasteiger partial charge is 0.324 e. The van der Waals surface area contributed by atoms with E-state index >= 15 is 0 Å². The zero-order valence-electron chi connectivity index (χ0n) is 14.7. The molecule has 5 nitrogen and oxygen atoms in total. The van der Waals surface area contributed by atoms with Crippen LogP contribution < -0.4 is 11.3 Å². The topological polar surface area (TPSA) is 84.8 Å². The Bertz CT molecular complexity index is 1110. The summed E-state index contributed by atoms with van der Waals surface area (Å²) < 4.78 is 1.63. The Morgan fingerprint density at radius 1 is 1.15 bits per heavy atom. The summed E-state index contributed by atoms with van der Waals surface area (Å²) in [6, 6.07) is 15.3. The number of hydrogen-bond acceptors (Lipinski definition) is 4. The van der Waals surface area contributed by atoms with E-state index < -0.39 is 0 Å². The van der Waals surface area contributed by atoms with Crippen LogP contribution in [0.2, 0.25) is 0 Å². The van der Waals surface area contributed by atoms with E-state index in [-0.39, 0.29) is 17.5 Å². The molecule has 1 aromatic heterocycles. The summed E-state index contributed by atoms with van der Waals surface area (Å²) in [5.41, 5.74) is 9.91. The molecule has 2 aromatic carbocycles. The number of benzene rings is 2. The Labute approximate surface area is 157 Å². The fourth-order valence-corrected chi connectivity index (χ4v) is 3.29. The maximum absolute atomic E-state index is 12.6. The van der Waals surface area contributed by atoms with Crippen molar-refractivity contribution in [3.8, 4) is 0 Å². The summed E-state index contributed by atoms with van der Waals surface area (Å²) in [5.74, 6) is -0.0414. The van der Waals surface area contributed by atoms with Gasteiger partial charge in [0.05, 0.1) is 23.8 Å². The van der Waals surface area contributed by atoms with Gasteiger partial charge < -0.3 is 11.1 Å². The molecule has 0 bridgehead atoms. The highest BCUT2D eigenvalue weighted by Crippen LogP contribution is 2.23. The minimum absolute atomic E-state index is 0.0359. The van der Waals surface area contributed by atoms with Gasteiger partial charge in [-0.3, -0.25) is 9.36 Å². The van der Waals surface area contributed by atoms with Crippen molar-refractivity contribution in [3.63, 3.8) is 0 Å². The normalized spacial score (nSPS) is 19.1. The van der Waals surface area contributed by atoms with Gasteiger partial charge in [0.25, 0.3) is 5.56 Å². The van der Waals surface area contributed by atoms with Gasteiger partial charge in [0.15, 0.2) is 0 Å². The minimum Gasteiger partial charge on any atom is -0.324 e. The molecule has 4 rings (SSSR count). The number of nitrogens with two attached hydrogens (primary N) is 1. The molecule has 1 aliphatic rings. The van der Waals surface area contributed by atoms with Crippen molar-refractivity contribution in [2.45, 2.75) is 12.6 Å². The zero-order chi connectivity index (χ0) is 18.8. The van der Waals surface area contributed by atoms with Crippen molar-refractivity contribution in [2.75, 3.05) is 0 Å². The highest BCUT2D eigenvalue weighted by Gasteiger charge is 2.15. The summed E-state index contributed by atoms with van der Waals surface area (Å²) in [7, 11) is 0. The van der Waals surface area contributed by atoms with E-state index in [1.807, 2.05) is 60.7 Å². The van der Waals surface area contributed by atoms with Crippen molar-refractivity contribution in [1.29, 1.82) is 5.41 Å². The molecule has 0 amide bonds. The summed E-state index contributed by atoms with van der Waals surface area (Å²) in [6.45, 7) is 0.473. The average molecular weight is 356 g/mol. The highest BCUT2D eigenvalue weighted by atomic mass is 16.1. The third-order valence-electron chi connectivity index (χ3n) is 4.88. The lowest BCUT2D eigenvalue weighted by atomic mass is 9.90. The molecule has 2 unspecified atom stereocenters. The lowest BCUT2D eigenvalue weighted by molar-refractivity contribution is 0.729. The number of rotatable bonds is 4. The molecular formula is C22H20N4O. The molecule has 27 heavy (non-hydrogen) atoms. The number of nitrogens with zero attached hydrogens (tertiary/aromatic N) is 2. The van der Waals surface area contributed by atoms with E-state index in [0.29, 0.717) is 17.4 Å². The minimum atomic E-state index is -0.176. The van der Waals surface area contributed by atoms with Gasteiger partial charge in [-0.15, -0.1) is 0 Å². The van der Waals surface area contributed by atoms with Crippen molar-refractivity contribution in [1.82, 2.24) is 9.55 Å².